The molecule has 0 unspecified atom stereocenters. The number of benzene rings is 2. The molecule has 2 aromatic carbocycles. The molecule has 0 atom stereocenters. The van der Waals surface area contributed by atoms with E-state index in [0.29, 0.717) is 55.4 Å². The van der Waals surface area contributed by atoms with Crippen LogP contribution in [0.3, 0.4) is 0 Å². The van der Waals surface area contributed by atoms with Crippen LogP contribution in [0.25, 0.3) is 16.9 Å². The van der Waals surface area contributed by atoms with Crippen LogP contribution in [0.1, 0.15) is 29.6 Å². The Kier molecular flexibility index (Phi) is 7.98. The fraction of sp³-hybridized carbons (Fsp3) is 0.346. The highest BCUT2D eigenvalue weighted by atomic mass is 35.5. The minimum absolute atomic E-state index is 0.0574. The summed E-state index contributed by atoms with van der Waals surface area (Å²) in [6, 6.07) is 17.0. The van der Waals surface area contributed by atoms with Gasteiger partial charge in [-0.3, -0.25) is 9.59 Å². The van der Waals surface area contributed by atoms with Crippen LogP contribution in [0.2, 0.25) is 5.02 Å². The molecule has 2 heterocycles. The Morgan fingerprint density at radius 3 is 2.47 bits per heavy atom. The minimum atomic E-state index is -0.0777. The maximum absolute atomic E-state index is 13.6. The lowest BCUT2D eigenvalue weighted by atomic mass is 9.95. The zero-order chi connectivity index (χ0) is 23.9. The van der Waals surface area contributed by atoms with Gasteiger partial charge in [0.2, 0.25) is 5.91 Å². The summed E-state index contributed by atoms with van der Waals surface area (Å²) in [5.74, 6) is -0.0950. The maximum Gasteiger partial charge on any atom is 0.257 e. The summed E-state index contributed by atoms with van der Waals surface area (Å²) in [4.78, 5) is 27.8. The van der Waals surface area contributed by atoms with Gasteiger partial charge in [-0.25, -0.2) is 4.68 Å². The highest BCUT2D eigenvalue weighted by Gasteiger charge is 2.30. The first-order valence-corrected chi connectivity index (χ1v) is 11.9. The Morgan fingerprint density at radius 1 is 1.09 bits per heavy atom. The summed E-state index contributed by atoms with van der Waals surface area (Å²) in [6.45, 7) is 2.30. The van der Waals surface area contributed by atoms with Gasteiger partial charge in [-0.05, 0) is 43.5 Å². The van der Waals surface area contributed by atoms with Gasteiger partial charge in [-0.15, -0.1) is 0 Å². The zero-order valence-electron chi connectivity index (χ0n) is 19.2. The molecule has 7 nitrogen and oxygen atoms in total. The van der Waals surface area contributed by atoms with E-state index >= 15 is 0 Å². The van der Waals surface area contributed by atoms with E-state index in [-0.39, 0.29) is 17.7 Å². The van der Waals surface area contributed by atoms with Gasteiger partial charge < -0.3 is 15.0 Å². The van der Waals surface area contributed by atoms with Crippen LogP contribution in [0.4, 0.5) is 0 Å². The smallest absolute Gasteiger partial charge is 0.257 e. The van der Waals surface area contributed by atoms with Gasteiger partial charge in [-0.1, -0.05) is 41.9 Å². The predicted molar refractivity (Wildman–Crippen MR) is 132 cm³/mol. The number of carbonyl (C=O) groups excluding carboxylic acids is 2. The number of halogens is 1. The molecule has 0 spiro atoms. The second-order valence-electron chi connectivity index (χ2n) is 8.38. The average molecular weight is 481 g/mol. The molecule has 1 aliphatic heterocycles. The monoisotopic (exact) mass is 480 g/mol. The molecular formula is C26H29ClN4O3. The Balaban J connectivity index is 1.50. The molecule has 1 aromatic heterocycles. The molecule has 34 heavy (non-hydrogen) atoms. The van der Waals surface area contributed by atoms with Crippen molar-refractivity contribution in [1.82, 2.24) is 20.0 Å². The van der Waals surface area contributed by atoms with Crippen molar-refractivity contribution >= 4 is 23.4 Å². The van der Waals surface area contributed by atoms with Crippen LogP contribution < -0.4 is 5.32 Å². The second-order valence-corrected chi connectivity index (χ2v) is 8.82. The molecule has 4 rings (SSSR count). The summed E-state index contributed by atoms with van der Waals surface area (Å²) >= 11 is 6.07. The number of nitrogens with one attached hydrogen (secondary N) is 1. The van der Waals surface area contributed by atoms with Gasteiger partial charge in [0.05, 0.1) is 11.3 Å². The molecular weight excluding hydrogens is 452 g/mol. The third-order valence-corrected chi connectivity index (χ3v) is 6.31. The lowest BCUT2D eigenvalue weighted by Crippen LogP contribution is -2.43. The topological polar surface area (TPSA) is 76.5 Å². The van der Waals surface area contributed by atoms with Crippen LogP contribution >= 0.6 is 11.6 Å². The largest absolute Gasteiger partial charge is 0.385 e. The highest BCUT2D eigenvalue weighted by molar-refractivity contribution is 6.30. The van der Waals surface area contributed by atoms with E-state index in [4.69, 9.17) is 21.4 Å². The number of aromatic nitrogens is 2. The van der Waals surface area contributed by atoms with Crippen molar-refractivity contribution in [3.05, 3.63) is 71.4 Å². The van der Waals surface area contributed by atoms with Gasteiger partial charge in [0.15, 0.2) is 0 Å². The van der Waals surface area contributed by atoms with Crippen molar-refractivity contribution in [3.8, 4) is 16.9 Å². The Bertz CT molecular complexity index is 1110. The third kappa shape index (κ3) is 5.66. The van der Waals surface area contributed by atoms with Crippen molar-refractivity contribution in [3.63, 3.8) is 0 Å². The van der Waals surface area contributed by atoms with Crippen LogP contribution in [-0.4, -0.2) is 59.8 Å². The zero-order valence-corrected chi connectivity index (χ0v) is 20.0. The number of carbonyl (C=O) groups is 2. The number of nitrogens with zero attached hydrogens (tertiary/aromatic N) is 3. The number of para-hydroxylation sites is 1. The number of piperidine rings is 1. The summed E-state index contributed by atoms with van der Waals surface area (Å²) in [5.41, 5.74) is 2.85. The van der Waals surface area contributed by atoms with E-state index in [1.807, 2.05) is 47.4 Å². The summed E-state index contributed by atoms with van der Waals surface area (Å²) in [6.07, 6.45) is 3.87. The second kappa shape index (κ2) is 11.3. The fourth-order valence-corrected chi connectivity index (χ4v) is 4.28. The van der Waals surface area contributed by atoms with Gasteiger partial charge in [0.25, 0.3) is 5.91 Å². The van der Waals surface area contributed by atoms with Crippen molar-refractivity contribution < 1.29 is 14.3 Å². The van der Waals surface area contributed by atoms with Gasteiger partial charge >= 0.3 is 0 Å². The third-order valence-electron chi connectivity index (χ3n) is 6.06. The van der Waals surface area contributed by atoms with E-state index in [0.717, 1.165) is 17.7 Å². The number of likely N-dealkylation sites (tertiary alicyclic amines) is 1. The lowest BCUT2D eigenvalue weighted by molar-refractivity contribution is -0.126. The van der Waals surface area contributed by atoms with Crippen LogP contribution in [0.5, 0.6) is 0 Å². The first-order valence-electron chi connectivity index (χ1n) is 11.5. The van der Waals surface area contributed by atoms with Crippen LogP contribution in [-0.2, 0) is 9.53 Å². The molecule has 3 aromatic rings. The van der Waals surface area contributed by atoms with Crippen molar-refractivity contribution in [2.24, 2.45) is 5.92 Å². The SMILES string of the molecule is COCCCNC(=O)C1CCN(C(=O)c2cn(-c3ccccc3)nc2-c2ccc(Cl)cc2)CC1. The molecule has 0 saturated carbocycles. The van der Waals surface area contributed by atoms with Gasteiger partial charge in [0, 0.05) is 56.1 Å². The molecule has 178 valence electrons. The average Bonchev–Trinajstić information content (AvgIpc) is 3.33. The van der Waals surface area contributed by atoms with Gasteiger partial charge in [-0.2, -0.15) is 5.10 Å². The number of amides is 2. The molecule has 1 fully saturated rings. The lowest BCUT2D eigenvalue weighted by Gasteiger charge is -2.31. The van der Waals surface area contributed by atoms with Crippen molar-refractivity contribution in [2.75, 3.05) is 33.4 Å². The molecule has 0 bridgehead atoms. The first kappa shape index (κ1) is 24.0. The van der Waals surface area contributed by atoms with Crippen LogP contribution in [0, 0.1) is 5.92 Å². The number of ether oxygens (including phenoxy) is 1. The predicted octanol–water partition coefficient (Wildman–Crippen LogP) is 4.20. The number of rotatable bonds is 8. The van der Waals surface area contributed by atoms with E-state index in [1.54, 1.807) is 30.1 Å². The van der Waals surface area contributed by atoms with E-state index in [2.05, 4.69) is 5.32 Å². The number of hydrogen-bond acceptors (Lipinski definition) is 4. The summed E-state index contributed by atoms with van der Waals surface area (Å²) in [5, 5.41) is 8.34. The van der Waals surface area contributed by atoms with Crippen molar-refractivity contribution in [2.45, 2.75) is 19.3 Å². The van der Waals surface area contributed by atoms with E-state index in [1.165, 1.54) is 0 Å². The summed E-state index contributed by atoms with van der Waals surface area (Å²) in [7, 11) is 1.65. The molecule has 1 saturated heterocycles. The Hall–Kier alpha value is -3.16. The number of methoxy groups -OCH3 is 1. The molecule has 1 N–H and O–H groups in total. The summed E-state index contributed by atoms with van der Waals surface area (Å²) < 4.78 is 6.75. The maximum atomic E-state index is 13.6. The molecule has 0 aliphatic carbocycles. The molecule has 1 aliphatic rings. The fourth-order valence-electron chi connectivity index (χ4n) is 4.15. The Labute approximate surface area is 204 Å². The van der Waals surface area contributed by atoms with Gasteiger partial charge in [0.1, 0.15) is 5.69 Å². The van der Waals surface area contributed by atoms with Crippen LogP contribution in [0.15, 0.2) is 60.8 Å². The standard InChI is InChI=1S/C26H29ClN4O3/c1-34-17-5-14-28-25(32)20-12-15-30(16-13-20)26(33)23-18-31(22-6-3-2-4-7-22)29-24(23)19-8-10-21(27)11-9-19/h2-4,6-11,18,20H,5,12-17H2,1H3,(H,28,32). The highest BCUT2D eigenvalue weighted by Crippen LogP contribution is 2.28. The van der Waals surface area contributed by atoms with Crippen molar-refractivity contribution in [1.29, 1.82) is 0 Å². The molecule has 2 amide bonds. The number of hydrogen-bond donors (Lipinski definition) is 1. The minimum Gasteiger partial charge on any atom is -0.385 e. The van der Waals surface area contributed by atoms with E-state index < -0.39 is 0 Å². The first-order chi connectivity index (χ1) is 16.6. The molecule has 8 heteroatoms. The Morgan fingerprint density at radius 2 is 1.79 bits per heavy atom. The molecule has 0 radical (unpaired) electrons. The normalized spacial score (nSPS) is 14.2. The van der Waals surface area contributed by atoms with E-state index in [9.17, 15) is 9.59 Å². The quantitative estimate of drug-likeness (QED) is 0.490.